The Hall–Kier alpha value is -3.86. The Bertz CT molecular complexity index is 1240. The molecule has 3 aromatic rings. The quantitative estimate of drug-likeness (QED) is 0.442. The van der Waals surface area contributed by atoms with E-state index in [-0.39, 0.29) is 17.5 Å². The van der Waals surface area contributed by atoms with Crippen molar-refractivity contribution in [1.29, 1.82) is 0 Å². The minimum absolute atomic E-state index is 0.270. The summed E-state index contributed by atoms with van der Waals surface area (Å²) in [6.45, 7) is 10.8. The van der Waals surface area contributed by atoms with Crippen LogP contribution in [0.2, 0.25) is 0 Å². The maximum absolute atomic E-state index is 13.6. The van der Waals surface area contributed by atoms with Crippen LogP contribution >= 0.6 is 0 Å². The first kappa shape index (κ1) is 23.3. The van der Waals surface area contributed by atoms with Gasteiger partial charge in [-0.25, -0.2) is 4.90 Å². The number of ether oxygens (including phenoxy) is 1. The zero-order valence-electron chi connectivity index (χ0n) is 20.3. The second-order valence-electron chi connectivity index (χ2n) is 9.26. The Morgan fingerprint density at radius 1 is 0.794 bits per heavy atom. The third-order valence-corrected chi connectivity index (χ3v) is 5.59. The molecule has 0 radical (unpaired) electrons. The summed E-state index contributed by atoms with van der Waals surface area (Å²) in [5.74, 6) is 0.418. The largest absolute Gasteiger partial charge is 0.493 e. The van der Waals surface area contributed by atoms with Crippen molar-refractivity contribution in [3.63, 3.8) is 0 Å². The summed E-state index contributed by atoms with van der Waals surface area (Å²) < 4.78 is 5.79. The number of carbonyl (C=O) groups is 2. The van der Waals surface area contributed by atoms with Gasteiger partial charge in [0.05, 0.1) is 17.9 Å². The van der Waals surface area contributed by atoms with E-state index >= 15 is 0 Å². The van der Waals surface area contributed by atoms with Gasteiger partial charge in [-0.2, -0.15) is 0 Å². The first-order valence-corrected chi connectivity index (χ1v) is 11.5. The summed E-state index contributed by atoms with van der Waals surface area (Å²) in [6.07, 6.45) is 0. The number of nitrogens with zero attached hydrogens (tertiary/aromatic N) is 1. The molecule has 0 unspecified atom stereocenters. The van der Waals surface area contributed by atoms with Gasteiger partial charge in [-0.3, -0.25) is 9.59 Å². The second kappa shape index (κ2) is 9.56. The van der Waals surface area contributed by atoms with E-state index in [1.165, 1.54) is 4.90 Å². The fraction of sp³-hybridized carbons (Fsp3) is 0.241. The average molecular weight is 455 g/mol. The van der Waals surface area contributed by atoms with Crippen molar-refractivity contribution in [2.24, 2.45) is 5.92 Å². The maximum atomic E-state index is 13.6. The summed E-state index contributed by atoms with van der Waals surface area (Å²) in [4.78, 5) is 28.4. The van der Waals surface area contributed by atoms with Crippen LogP contribution < -0.4 is 15.0 Å². The van der Waals surface area contributed by atoms with E-state index in [0.717, 1.165) is 28.1 Å². The fourth-order valence-corrected chi connectivity index (χ4v) is 4.01. The number of benzene rings is 3. The lowest BCUT2D eigenvalue weighted by Crippen LogP contribution is -2.32. The van der Waals surface area contributed by atoms with Crippen molar-refractivity contribution in [2.45, 2.75) is 34.6 Å². The van der Waals surface area contributed by atoms with Crippen LogP contribution in [0.25, 0.3) is 5.57 Å². The number of hydrogen-bond acceptors (Lipinski definition) is 4. The highest BCUT2D eigenvalue weighted by Crippen LogP contribution is 2.34. The summed E-state index contributed by atoms with van der Waals surface area (Å²) in [5, 5.41) is 3.25. The van der Waals surface area contributed by atoms with E-state index in [1.54, 1.807) is 12.1 Å². The molecule has 0 spiro atoms. The van der Waals surface area contributed by atoms with Crippen LogP contribution in [0, 0.1) is 26.7 Å². The predicted molar refractivity (Wildman–Crippen MR) is 137 cm³/mol. The Labute approximate surface area is 201 Å². The SMILES string of the molecule is Cc1ccc(N2C(=O)C(Nc3cc(C)cc(C)c3)=C(c3ccc(OCC(C)C)cc3)C2=O)cc1. The van der Waals surface area contributed by atoms with E-state index in [9.17, 15) is 9.59 Å². The number of nitrogens with one attached hydrogen (secondary N) is 1. The van der Waals surface area contributed by atoms with E-state index in [0.29, 0.717) is 29.3 Å². The first-order valence-electron chi connectivity index (χ1n) is 11.5. The summed E-state index contributed by atoms with van der Waals surface area (Å²) in [7, 11) is 0. The van der Waals surface area contributed by atoms with Gasteiger partial charge in [0.15, 0.2) is 0 Å². The van der Waals surface area contributed by atoms with E-state index in [2.05, 4.69) is 25.2 Å². The van der Waals surface area contributed by atoms with Crippen LogP contribution in [0.3, 0.4) is 0 Å². The Kier molecular flexibility index (Phi) is 6.55. The van der Waals surface area contributed by atoms with Crippen LogP contribution in [-0.2, 0) is 9.59 Å². The number of rotatable bonds is 7. The lowest BCUT2D eigenvalue weighted by molar-refractivity contribution is -0.120. The lowest BCUT2D eigenvalue weighted by Gasteiger charge is -2.16. The van der Waals surface area contributed by atoms with Crippen molar-refractivity contribution in [2.75, 3.05) is 16.8 Å². The second-order valence-corrected chi connectivity index (χ2v) is 9.26. The molecule has 1 N–H and O–H groups in total. The first-order chi connectivity index (χ1) is 16.2. The van der Waals surface area contributed by atoms with Crippen LogP contribution in [0.15, 0.2) is 72.4 Å². The number of hydrogen-bond donors (Lipinski definition) is 1. The van der Waals surface area contributed by atoms with E-state index in [4.69, 9.17) is 4.74 Å². The molecule has 3 aromatic carbocycles. The van der Waals surface area contributed by atoms with Crippen molar-refractivity contribution >= 4 is 28.8 Å². The van der Waals surface area contributed by atoms with Gasteiger partial charge in [-0.1, -0.05) is 49.7 Å². The van der Waals surface area contributed by atoms with Crippen molar-refractivity contribution in [3.05, 3.63) is 94.7 Å². The van der Waals surface area contributed by atoms with Gasteiger partial charge in [-0.15, -0.1) is 0 Å². The molecule has 0 saturated carbocycles. The molecule has 174 valence electrons. The summed E-state index contributed by atoms with van der Waals surface area (Å²) in [6, 6.07) is 20.7. The summed E-state index contributed by atoms with van der Waals surface area (Å²) in [5.41, 5.74) is 5.80. The summed E-state index contributed by atoms with van der Waals surface area (Å²) >= 11 is 0. The molecule has 5 heteroatoms. The molecule has 0 atom stereocenters. The van der Waals surface area contributed by atoms with Gasteiger partial charge < -0.3 is 10.1 Å². The van der Waals surface area contributed by atoms with Crippen molar-refractivity contribution in [3.8, 4) is 5.75 Å². The zero-order valence-corrected chi connectivity index (χ0v) is 20.3. The molecule has 0 aromatic heterocycles. The Balaban J connectivity index is 1.75. The van der Waals surface area contributed by atoms with Gasteiger partial charge >= 0.3 is 0 Å². The highest BCUT2D eigenvalue weighted by atomic mass is 16.5. The van der Waals surface area contributed by atoms with Crippen LogP contribution in [0.1, 0.15) is 36.1 Å². The fourth-order valence-electron chi connectivity index (χ4n) is 4.01. The van der Waals surface area contributed by atoms with E-state index in [1.807, 2.05) is 69.3 Å². The van der Waals surface area contributed by atoms with Crippen LogP contribution in [-0.4, -0.2) is 18.4 Å². The molecule has 0 fully saturated rings. The Morgan fingerprint density at radius 2 is 1.41 bits per heavy atom. The predicted octanol–water partition coefficient (Wildman–Crippen LogP) is 6.04. The number of amides is 2. The molecule has 2 amide bonds. The molecule has 0 saturated heterocycles. The molecule has 1 aliphatic rings. The molecule has 34 heavy (non-hydrogen) atoms. The van der Waals surface area contributed by atoms with Crippen molar-refractivity contribution < 1.29 is 14.3 Å². The molecular formula is C29H30N2O3. The third kappa shape index (κ3) is 4.88. The smallest absolute Gasteiger partial charge is 0.282 e. The normalized spacial score (nSPS) is 13.8. The third-order valence-electron chi connectivity index (χ3n) is 5.59. The van der Waals surface area contributed by atoms with Gasteiger partial charge in [0.25, 0.3) is 11.8 Å². The molecule has 0 bridgehead atoms. The highest BCUT2D eigenvalue weighted by Gasteiger charge is 2.40. The van der Waals surface area contributed by atoms with Gasteiger partial charge in [-0.05, 0) is 79.8 Å². The molecule has 5 nitrogen and oxygen atoms in total. The lowest BCUT2D eigenvalue weighted by atomic mass is 10.0. The molecule has 0 aliphatic carbocycles. The number of aryl methyl sites for hydroxylation is 3. The Morgan fingerprint density at radius 3 is 2.00 bits per heavy atom. The minimum atomic E-state index is -0.372. The van der Waals surface area contributed by atoms with Gasteiger partial charge in [0.2, 0.25) is 0 Å². The van der Waals surface area contributed by atoms with Gasteiger partial charge in [0.1, 0.15) is 11.4 Å². The highest BCUT2D eigenvalue weighted by molar-refractivity contribution is 6.46. The molecule has 1 aliphatic heterocycles. The number of anilines is 2. The van der Waals surface area contributed by atoms with Crippen LogP contribution in [0.5, 0.6) is 5.75 Å². The monoisotopic (exact) mass is 454 g/mol. The van der Waals surface area contributed by atoms with Gasteiger partial charge in [0, 0.05) is 5.69 Å². The topological polar surface area (TPSA) is 58.6 Å². The number of carbonyl (C=O) groups excluding carboxylic acids is 2. The average Bonchev–Trinajstić information content (AvgIpc) is 3.02. The van der Waals surface area contributed by atoms with E-state index < -0.39 is 0 Å². The van der Waals surface area contributed by atoms with Crippen molar-refractivity contribution in [1.82, 2.24) is 0 Å². The molecular weight excluding hydrogens is 424 g/mol. The molecule has 4 rings (SSSR count). The molecule has 1 heterocycles. The van der Waals surface area contributed by atoms with Crippen LogP contribution in [0.4, 0.5) is 11.4 Å². The number of imide groups is 1. The zero-order chi connectivity index (χ0) is 24.4. The standard InChI is InChI=1S/C29H30N2O3/c1-18(2)17-34-25-12-8-22(9-13-25)26-27(30-23-15-20(4)14-21(5)16-23)29(33)31(28(26)32)24-10-6-19(3)7-11-24/h6-16,18,30H,17H2,1-5H3. The maximum Gasteiger partial charge on any atom is 0.282 e. The minimum Gasteiger partial charge on any atom is -0.493 e.